The monoisotopic (exact) mass is 380 g/mol. The van der Waals surface area contributed by atoms with E-state index in [4.69, 9.17) is 4.74 Å². The Labute approximate surface area is 159 Å². The molecule has 0 spiro atoms. The van der Waals surface area contributed by atoms with Crippen LogP contribution in [0.25, 0.3) is 0 Å². The molecule has 2 aromatic heterocycles. The van der Waals surface area contributed by atoms with Crippen LogP contribution in [0.1, 0.15) is 17.3 Å². The highest BCUT2D eigenvalue weighted by Gasteiger charge is 2.23. The summed E-state index contributed by atoms with van der Waals surface area (Å²) < 4.78 is 4.93. The van der Waals surface area contributed by atoms with E-state index >= 15 is 0 Å². The molecule has 0 saturated carbocycles. The number of anilines is 4. The fourth-order valence-electron chi connectivity index (χ4n) is 2.33. The van der Waals surface area contributed by atoms with Crippen LogP contribution >= 0.6 is 0 Å². The van der Waals surface area contributed by atoms with E-state index in [0.29, 0.717) is 17.1 Å². The van der Waals surface area contributed by atoms with Gasteiger partial charge in [-0.3, -0.25) is 10.1 Å². The summed E-state index contributed by atoms with van der Waals surface area (Å²) in [5.41, 5.74) is 0.559. The van der Waals surface area contributed by atoms with Crippen LogP contribution in [0.3, 0.4) is 0 Å². The molecule has 1 aromatic carbocycles. The Kier molecular flexibility index (Phi) is 5.70. The molecule has 0 aliphatic heterocycles. The lowest BCUT2D eigenvalue weighted by molar-refractivity contribution is -0.383. The van der Waals surface area contributed by atoms with Crippen LogP contribution in [0.15, 0.2) is 55.0 Å². The van der Waals surface area contributed by atoms with Gasteiger partial charge in [0.2, 0.25) is 11.6 Å². The van der Waals surface area contributed by atoms with Crippen molar-refractivity contribution in [1.29, 1.82) is 0 Å². The van der Waals surface area contributed by atoms with E-state index < -0.39 is 10.9 Å². The Morgan fingerprint density at radius 1 is 1.07 bits per heavy atom. The molecule has 10 heteroatoms. The molecule has 2 heterocycles. The molecule has 0 radical (unpaired) electrons. The molecular formula is C18H16N6O4. The van der Waals surface area contributed by atoms with Gasteiger partial charge in [-0.1, -0.05) is 6.07 Å². The van der Waals surface area contributed by atoms with Gasteiger partial charge in [-0.05, 0) is 43.3 Å². The highest BCUT2D eigenvalue weighted by atomic mass is 16.6. The second-order valence-electron chi connectivity index (χ2n) is 5.44. The van der Waals surface area contributed by atoms with Crippen LogP contribution < -0.4 is 10.6 Å². The first kappa shape index (κ1) is 18.7. The lowest BCUT2D eigenvalue weighted by Gasteiger charge is -2.10. The minimum absolute atomic E-state index is 0.00214. The molecule has 0 fully saturated rings. The number of rotatable bonds is 7. The summed E-state index contributed by atoms with van der Waals surface area (Å²) in [5.74, 6) is -0.0235. The summed E-state index contributed by atoms with van der Waals surface area (Å²) in [4.78, 5) is 34.7. The molecule has 0 aliphatic carbocycles. The highest BCUT2D eigenvalue weighted by molar-refractivity contribution is 5.90. The number of hydrogen-bond donors (Lipinski definition) is 2. The predicted molar refractivity (Wildman–Crippen MR) is 102 cm³/mol. The third kappa shape index (κ3) is 4.36. The van der Waals surface area contributed by atoms with Crippen molar-refractivity contribution >= 4 is 34.8 Å². The van der Waals surface area contributed by atoms with Crippen LogP contribution in [-0.4, -0.2) is 32.5 Å². The number of esters is 1. The maximum Gasteiger partial charge on any atom is 0.353 e. The fraction of sp³-hybridized carbons (Fsp3) is 0.111. The molecule has 0 atom stereocenters. The van der Waals surface area contributed by atoms with Gasteiger partial charge in [0.15, 0.2) is 0 Å². The van der Waals surface area contributed by atoms with Gasteiger partial charge in [-0.2, -0.15) is 0 Å². The number of hydrogen-bond acceptors (Lipinski definition) is 9. The van der Waals surface area contributed by atoms with E-state index in [1.54, 1.807) is 55.6 Å². The number of nitrogens with zero attached hydrogens (tertiary/aromatic N) is 4. The molecule has 0 bridgehead atoms. The summed E-state index contributed by atoms with van der Waals surface area (Å²) in [6, 6.07) is 11.4. The van der Waals surface area contributed by atoms with E-state index in [-0.39, 0.29) is 23.9 Å². The Morgan fingerprint density at radius 2 is 1.79 bits per heavy atom. The van der Waals surface area contributed by atoms with Crippen LogP contribution in [0, 0.1) is 10.1 Å². The first-order chi connectivity index (χ1) is 13.6. The smallest absolute Gasteiger partial charge is 0.353 e. The van der Waals surface area contributed by atoms with Gasteiger partial charge in [-0.15, -0.1) is 0 Å². The number of aromatic nitrogens is 3. The van der Waals surface area contributed by atoms with E-state index in [9.17, 15) is 14.9 Å². The number of nitro groups is 1. The van der Waals surface area contributed by atoms with Crippen molar-refractivity contribution in [1.82, 2.24) is 15.0 Å². The summed E-state index contributed by atoms with van der Waals surface area (Å²) in [5, 5.41) is 17.3. The number of benzene rings is 1. The molecule has 0 aliphatic rings. The van der Waals surface area contributed by atoms with Crippen molar-refractivity contribution < 1.29 is 14.5 Å². The highest BCUT2D eigenvalue weighted by Crippen LogP contribution is 2.32. The first-order valence-corrected chi connectivity index (χ1v) is 8.30. The molecule has 3 aromatic rings. The second kappa shape index (κ2) is 8.54. The Hall–Kier alpha value is -4.08. The van der Waals surface area contributed by atoms with Gasteiger partial charge in [0.25, 0.3) is 0 Å². The van der Waals surface area contributed by atoms with Crippen molar-refractivity contribution in [3.63, 3.8) is 0 Å². The lowest BCUT2D eigenvalue weighted by atomic mass is 10.2. The van der Waals surface area contributed by atoms with Crippen LogP contribution in [-0.2, 0) is 4.74 Å². The van der Waals surface area contributed by atoms with E-state index in [2.05, 4.69) is 25.6 Å². The number of carbonyl (C=O) groups excluding carboxylic acids is 1. The quantitative estimate of drug-likeness (QED) is 0.359. The lowest BCUT2D eigenvalue weighted by Crippen LogP contribution is -2.07. The van der Waals surface area contributed by atoms with Gasteiger partial charge in [0.05, 0.1) is 17.1 Å². The zero-order valence-corrected chi connectivity index (χ0v) is 14.8. The van der Waals surface area contributed by atoms with Gasteiger partial charge >= 0.3 is 11.7 Å². The third-order valence-corrected chi connectivity index (χ3v) is 3.57. The van der Waals surface area contributed by atoms with Crippen molar-refractivity contribution in [3.8, 4) is 0 Å². The van der Waals surface area contributed by atoms with Gasteiger partial charge < -0.3 is 15.4 Å². The fourth-order valence-corrected chi connectivity index (χ4v) is 2.33. The first-order valence-electron chi connectivity index (χ1n) is 8.30. The van der Waals surface area contributed by atoms with Gasteiger partial charge in [-0.25, -0.2) is 19.7 Å². The number of pyridine rings is 1. The molecule has 0 amide bonds. The summed E-state index contributed by atoms with van der Waals surface area (Å²) >= 11 is 0. The molecular weight excluding hydrogens is 364 g/mol. The number of carbonyl (C=O) groups is 1. The molecule has 3 rings (SSSR count). The van der Waals surface area contributed by atoms with Crippen LogP contribution in [0.4, 0.5) is 28.8 Å². The molecule has 2 N–H and O–H groups in total. The van der Waals surface area contributed by atoms with Gasteiger partial charge in [0.1, 0.15) is 12.1 Å². The average molecular weight is 380 g/mol. The zero-order chi connectivity index (χ0) is 19.9. The summed E-state index contributed by atoms with van der Waals surface area (Å²) in [7, 11) is 0. The number of ether oxygens (including phenoxy) is 1. The minimum atomic E-state index is -0.583. The standard InChI is InChI=1S/C18H16N6O4/c1-2-28-18(25)12-6-8-13(9-7-12)22-16-15(24(26)27)17(21-11-20-16)23-14-5-3-4-10-19-14/h3-11H,2H2,1H3,(H2,19,20,21,22,23). The molecule has 28 heavy (non-hydrogen) atoms. The second-order valence-corrected chi connectivity index (χ2v) is 5.44. The topological polar surface area (TPSA) is 132 Å². The molecule has 142 valence electrons. The van der Waals surface area contributed by atoms with Crippen molar-refractivity contribution in [2.24, 2.45) is 0 Å². The normalized spacial score (nSPS) is 10.2. The van der Waals surface area contributed by atoms with Gasteiger partial charge in [0, 0.05) is 11.9 Å². The van der Waals surface area contributed by atoms with Crippen molar-refractivity contribution in [2.75, 3.05) is 17.2 Å². The van der Waals surface area contributed by atoms with Crippen molar-refractivity contribution in [3.05, 3.63) is 70.7 Å². The number of nitrogens with one attached hydrogen (secondary N) is 2. The maximum atomic E-state index is 11.7. The van der Waals surface area contributed by atoms with Crippen LogP contribution in [0.5, 0.6) is 0 Å². The molecule has 10 nitrogen and oxygen atoms in total. The largest absolute Gasteiger partial charge is 0.462 e. The van der Waals surface area contributed by atoms with E-state index in [0.717, 1.165) is 0 Å². The summed E-state index contributed by atoms with van der Waals surface area (Å²) in [6.45, 7) is 2.00. The van der Waals surface area contributed by atoms with Crippen molar-refractivity contribution in [2.45, 2.75) is 6.92 Å². The minimum Gasteiger partial charge on any atom is -0.462 e. The van der Waals surface area contributed by atoms with E-state index in [1.165, 1.54) is 6.33 Å². The zero-order valence-electron chi connectivity index (χ0n) is 14.8. The van der Waals surface area contributed by atoms with E-state index in [1.807, 2.05) is 0 Å². The maximum absolute atomic E-state index is 11.7. The molecule has 0 unspecified atom stereocenters. The third-order valence-electron chi connectivity index (χ3n) is 3.57. The predicted octanol–water partition coefficient (Wildman–Crippen LogP) is 3.44. The van der Waals surface area contributed by atoms with Crippen LogP contribution in [0.2, 0.25) is 0 Å². The SMILES string of the molecule is CCOC(=O)c1ccc(Nc2ncnc(Nc3ccccn3)c2[N+](=O)[O-])cc1. The Balaban J connectivity index is 1.86. The summed E-state index contributed by atoms with van der Waals surface area (Å²) in [6.07, 6.45) is 2.76. The molecule has 0 saturated heterocycles. The Morgan fingerprint density at radius 3 is 2.39 bits per heavy atom. The Bertz CT molecular complexity index is 979. The average Bonchev–Trinajstić information content (AvgIpc) is 2.69.